The third-order valence-electron chi connectivity index (χ3n) is 3.76. The Balaban J connectivity index is 1.90. The number of amides is 1. The van der Waals surface area contributed by atoms with E-state index in [0.717, 1.165) is 5.56 Å². The second-order valence-electron chi connectivity index (χ2n) is 5.26. The van der Waals surface area contributed by atoms with Crippen molar-refractivity contribution in [2.75, 3.05) is 20.8 Å². The number of ether oxygens (including phenoxy) is 2. The Labute approximate surface area is 141 Å². The molecule has 0 aliphatic heterocycles. The largest absolute Gasteiger partial charge is 0.481 e. The van der Waals surface area contributed by atoms with E-state index in [1.54, 1.807) is 18.0 Å². The lowest BCUT2D eigenvalue weighted by atomic mass is 10.1. The van der Waals surface area contributed by atoms with Crippen molar-refractivity contribution >= 4 is 11.9 Å². The summed E-state index contributed by atoms with van der Waals surface area (Å²) >= 11 is 0. The fraction of sp³-hybridized carbons (Fsp3) is 0.278. The zero-order chi connectivity index (χ0) is 17.5. The average molecular weight is 328 g/mol. The van der Waals surface area contributed by atoms with E-state index in [1.165, 1.54) is 19.4 Å². The van der Waals surface area contributed by atoms with Gasteiger partial charge in [0.15, 0.2) is 6.61 Å². The highest BCUT2D eigenvalue weighted by molar-refractivity contribution is 5.91. The number of methoxy groups -OCH3 is 1. The maximum atomic E-state index is 12.2. The van der Waals surface area contributed by atoms with Crippen molar-refractivity contribution in [2.45, 2.75) is 13.0 Å². The van der Waals surface area contributed by atoms with Gasteiger partial charge < -0.3 is 14.4 Å². The van der Waals surface area contributed by atoms with Crippen LogP contribution in [0.2, 0.25) is 0 Å². The molecule has 0 radical (unpaired) electrons. The van der Waals surface area contributed by atoms with Crippen molar-refractivity contribution in [1.29, 1.82) is 0 Å². The zero-order valence-corrected chi connectivity index (χ0v) is 13.9. The van der Waals surface area contributed by atoms with Gasteiger partial charge in [-0.25, -0.2) is 9.78 Å². The molecule has 0 aliphatic carbocycles. The number of carbonyl (C=O) groups is 2. The SMILES string of the molecule is COc1ccc(C(=O)OCC(=O)N(C)C(C)c2ccccc2)cn1. The minimum absolute atomic E-state index is 0.111. The lowest BCUT2D eigenvalue weighted by molar-refractivity contribution is -0.135. The molecule has 6 heteroatoms. The van der Waals surface area contributed by atoms with Gasteiger partial charge in [-0.3, -0.25) is 4.79 Å². The number of benzene rings is 1. The number of carbonyl (C=O) groups excluding carboxylic acids is 2. The van der Waals surface area contributed by atoms with Crippen LogP contribution >= 0.6 is 0 Å². The van der Waals surface area contributed by atoms with Crippen molar-refractivity contribution in [1.82, 2.24) is 9.88 Å². The van der Waals surface area contributed by atoms with Gasteiger partial charge in [0.25, 0.3) is 5.91 Å². The summed E-state index contributed by atoms with van der Waals surface area (Å²) in [4.78, 5) is 29.6. The van der Waals surface area contributed by atoms with Gasteiger partial charge in [-0.2, -0.15) is 0 Å². The monoisotopic (exact) mass is 328 g/mol. The minimum Gasteiger partial charge on any atom is -0.481 e. The van der Waals surface area contributed by atoms with E-state index in [0.29, 0.717) is 5.88 Å². The predicted octanol–water partition coefficient (Wildman–Crippen LogP) is 2.47. The molecule has 0 fully saturated rings. The first-order chi connectivity index (χ1) is 11.5. The summed E-state index contributed by atoms with van der Waals surface area (Å²) < 4.78 is 9.98. The highest BCUT2D eigenvalue weighted by Gasteiger charge is 2.19. The van der Waals surface area contributed by atoms with E-state index < -0.39 is 5.97 Å². The first kappa shape index (κ1) is 17.5. The molecule has 1 unspecified atom stereocenters. The van der Waals surface area contributed by atoms with Crippen LogP contribution in [0, 0.1) is 0 Å². The molecule has 1 aromatic carbocycles. The van der Waals surface area contributed by atoms with Crippen LogP contribution in [-0.4, -0.2) is 42.5 Å². The fourth-order valence-corrected chi connectivity index (χ4v) is 2.11. The average Bonchev–Trinajstić information content (AvgIpc) is 2.65. The number of likely N-dealkylation sites (N-methyl/N-ethyl adjacent to an activating group) is 1. The van der Waals surface area contributed by atoms with Crippen molar-refractivity contribution in [3.63, 3.8) is 0 Å². The maximum Gasteiger partial charge on any atom is 0.340 e. The first-order valence-electron chi connectivity index (χ1n) is 7.50. The van der Waals surface area contributed by atoms with Crippen molar-refractivity contribution < 1.29 is 19.1 Å². The van der Waals surface area contributed by atoms with Gasteiger partial charge >= 0.3 is 5.97 Å². The van der Waals surface area contributed by atoms with E-state index in [2.05, 4.69) is 4.98 Å². The second kappa shape index (κ2) is 8.10. The molecule has 0 spiro atoms. The van der Waals surface area contributed by atoms with Crippen LogP contribution in [0.15, 0.2) is 48.7 Å². The fourth-order valence-electron chi connectivity index (χ4n) is 2.11. The highest BCUT2D eigenvalue weighted by Crippen LogP contribution is 2.18. The van der Waals surface area contributed by atoms with E-state index >= 15 is 0 Å². The Hall–Kier alpha value is -2.89. The van der Waals surface area contributed by atoms with Gasteiger partial charge in [-0.05, 0) is 18.6 Å². The summed E-state index contributed by atoms with van der Waals surface area (Å²) in [6, 6.07) is 12.6. The van der Waals surface area contributed by atoms with E-state index in [4.69, 9.17) is 9.47 Å². The Kier molecular flexibility index (Phi) is 5.89. The molecule has 2 rings (SSSR count). The number of hydrogen-bond donors (Lipinski definition) is 0. The van der Waals surface area contributed by atoms with E-state index in [-0.39, 0.29) is 24.1 Å². The van der Waals surface area contributed by atoms with Crippen LogP contribution in [0.3, 0.4) is 0 Å². The Morgan fingerprint density at radius 1 is 1.17 bits per heavy atom. The molecule has 6 nitrogen and oxygen atoms in total. The van der Waals surface area contributed by atoms with Crippen LogP contribution in [-0.2, 0) is 9.53 Å². The molecule has 0 saturated heterocycles. The van der Waals surface area contributed by atoms with Crippen LogP contribution in [0.4, 0.5) is 0 Å². The summed E-state index contributed by atoms with van der Waals surface area (Å²) in [6.07, 6.45) is 1.35. The molecule has 126 valence electrons. The lowest BCUT2D eigenvalue weighted by Gasteiger charge is -2.25. The molecule has 0 aliphatic rings. The summed E-state index contributed by atoms with van der Waals surface area (Å²) in [5.74, 6) is -0.473. The normalized spacial score (nSPS) is 11.5. The van der Waals surface area contributed by atoms with Crippen molar-refractivity contribution in [2.24, 2.45) is 0 Å². The Morgan fingerprint density at radius 3 is 2.46 bits per heavy atom. The molecular formula is C18H20N2O4. The Bertz CT molecular complexity index is 686. The molecule has 2 aromatic rings. The maximum absolute atomic E-state index is 12.2. The molecule has 1 aromatic heterocycles. The molecule has 1 atom stereocenters. The molecule has 0 saturated carbocycles. The molecule has 24 heavy (non-hydrogen) atoms. The molecule has 0 N–H and O–H groups in total. The third kappa shape index (κ3) is 4.32. The molecule has 1 amide bonds. The van der Waals surface area contributed by atoms with Gasteiger partial charge in [0.1, 0.15) is 0 Å². The molecular weight excluding hydrogens is 308 g/mol. The standard InChI is InChI=1S/C18H20N2O4/c1-13(14-7-5-4-6-8-14)20(2)17(21)12-24-18(22)15-9-10-16(23-3)19-11-15/h4-11,13H,12H2,1-3H3. The van der Waals surface area contributed by atoms with Crippen LogP contribution in [0.1, 0.15) is 28.9 Å². The van der Waals surface area contributed by atoms with Crippen LogP contribution in [0.5, 0.6) is 5.88 Å². The number of esters is 1. The summed E-state index contributed by atoms with van der Waals surface area (Å²) in [5, 5.41) is 0. The summed E-state index contributed by atoms with van der Waals surface area (Å²) in [5.41, 5.74) is 1.28. The number of rotatable bonds is 6. The first-order valence-corrected chi connectivity index (χ1v) is 7.50. The third-order valence-corrected chi connectivity index (χ3v) is 3.76. The summed E-state index contributed by atoms with van der Waals surface area (Å²) in [7, 11) is 3.17. The number of hydrogen-bond acceptors (Lipinski definition) is 5. The van der Waals surface area contributed by atoms with Crippen molar-refractivity contribution in [3.05, 3.63) is 59.8 Å². The van der Waals surface area contributed by atoms with E-state index in [9.17, 15) is 9.59 Å². The van der Waals surface area contributed by atoms with E-state index in [1.807, 2.05) is 37.3 Å². The number of aromatic nitrogens is 1. The van der Waals surface area contributed by atoms with Gasteiger partial charge in [0.2, 0.25) is 5.88 Å². The second-order valence-corrected chi connectivity index (χ2v) is 5.26. The quantitative estimate of drug-likeness (QED) is 0.762. The Morgan fingerprint density at radius 2 is 1.88 bits per heavy atom. The van der Waals surface area contributed by atoms with Gasteiger partial charge in [0, 0.05) is 19.3 Å². The zero-order valence-electron chi connectivity index (χ0n) is 13.9. The topological polar surface area (TPSA) is 68.7 Å². The number of nitrogens with zero attached hydrogens (tertiary/aromatic N) is 2. The predicted molar refractivity (Wildman–Crippen MR) is 88.7 cm³/mol. The molecule has 1 heterocycles. The smallest absolute Gasteiger partial charge is 0.340 e. The number of pyridine rings is 1. The van der Waals surface area contributed by atoms with Gasteiger partial charge in [0.05, 0.1) is 18.7 Å². The van der Waals surface area contributed by atoms with Crippen molar-refractivity contribution in [3.8, 4) is 5.88 Å². The van der Waals surface area contributed by atoms with Gasteiger partial charge in [-0.15, -0.1) is 0 Å². The highest BCUT2D eigenvalue weighted by atomic mass is 16.5. The summed E-state index contributed by atoms with van der Waals surface area (Å²) in [6.45, 7) is 1.60. The molecule has 0 bridgehead atoms. The lowest BCUT2D eigenvalue weighted by Crippen LogP contribution is -2.33. The van der Waals surface area contributed by atoms with Crippen LogP contribution < -0.4 is 4.74 Å². The van der Waals surface area contributed by atoms with Crippen LogP contribution in [0.25, 0.3) is 0 Å². The minimum atomic E-state index is -0.598. The van der Waals surface area contributed by atoms with Gasteiger partial charge in [-0.1, -0.05) is 30.3 Å².